The van der Waals surface area contributed by atoms with E-state index in [1.807, 2.05) is 50.4 Å². The molecule has 2 heterocycles. The van der Waals surface area contributed by atoms with Crippen molar-refractivity contribution < 1.29 is 0 Å². The number of nitrogens with two attached hydrogens (primary N) is 1. The minimum atomic E-state index is 0.747. The molecule has 0 fully saturated rings. The van der Waals surface area contributed by atoms with E-state index < -0.39 is 0 Å². The lowest BCUT2D eigenvalue weighted by molar-refractivity contribution is 0.873. The average molecular weight is 284 g/mol. The summed E-state index contributed by atoms with van der Waals surface area (Å²) in [5, 5.41) is 0.980. The maximum Gasteiger partial charge on any atom is 0.186 e. The van der Waals surface area contributed by atoms with Crippen LogP contribution >= 0.6 is 11.3 Å². The number of rotatable bonds is 3. The molecule has 0 aliphatic rings. The zero-order valence-corrected chi connectivity index (χ0v) is 12.3. The molecular weight excluding hydrogens is 268 g/mol. The molecule has 20 heavy (non-hydrogen) atoms. The number of nitrogens with zero attached hydrogens (tertiary/aromatic N) is 3. The van der Waals surface area contributed by atoms with Crippen molar-refractivity contribution >= 4 is 32.4 Å². The molecule has 3 rings (SSSR count). The molecular formula is C15H16N4S. The second-order valence-corrected chi connectivity index (χ2v) is 5.86. The van der Waals surface area contributed by atoms with Gasteiger partial charge in [0.2, 0.25) is 0 Å². The van der Waals surface area contributed by atoms with Gasteiger partial charge in [-0.2, -0.15) is 0 Å². The molecule has 0 spiro atoms. The Morgan fingerprint density at radius 1 is 1.20 bits per heavy atom. The lowest BCUT2D eigenvalue weighted by Gasteiger charge is -2.15. The molecule has 5 heteroatoms. The van der Waals surface area contributed by atoms with Gasteiger partial charge in [-0.1, -0.05) is 17.4 Å². The summed E-state index contributed by atoms with van der Waals surface area (Å²) in [6.45, 7) is 2.75. The third kappa shape index (κ3) is 2.58. The maximum absolute atomic E-state index is 5.80. The van der Waals surface area contributed by atoms with Crippen LogP contribution in [0.5, 0.6) is 0 Å². The van der Waals surface area contributed by atoms with E-state index in [0.29, 0.717) is 0 Å². The Bertz CT molecular complexity index is 750. The summed E-state index contributed by atoms with van der Waals surface area (Å²) in [6.07, 6.45) is 0. The highest BCUT2D eigenvalue weighted by Crippen LogP contribution is 2.30. The number of thiazole rings is 1. The fourth-order valence-electron chi connectivity index (χ4n) is 2.09. The predicted octanol–water partition coefficient (Wildman–Crippen LogP) is 3.22. The molecule has 0 saturated carbocycles. The van der Waals surface area contributed by atoms with Crippen molar-refractivity contribution in [2.45, 2.75) is 13.5 Å². The van der Waals surface area contributed by atoms with Crippen molar-refractivity contribution in [3.8, 4) is 0 Å². The monoisotopic (exact) mass is 284 g/mol. The van der Waals surface area contributed by atoms with E-state index in [9.17, 15) is 0 Å². The van der Waals surface area contributed by atoms with Crippen molar-refractivity contribution in [1.29, 1.82) is 0 Å². The molecule has 0 radical (unpaired) electrons. The highest BCUT2D eigenvalue weighted by atomic mass is 32.1. The molecule has 2 N–H and O–H groups in total. The van der Waals surface area contributed by atoms with Gasteiger partial charge in [-0.15, -0.1) is 0 Å². The van der Waals surface area contributed by atoms with Gasteiger partial charge in [0.15, 0.2) is 5.13 Å². The van der Waals surface area contributed by atoms with Gasteiger partial charge < -0.3 is 10.6 Å². The second-order valence-electron chi connectivity index (χ2n) is 4.85. The molecule has 0 aliphatic heterocycles. The van der Waals surface area contributed by atoms with Crippen LogP contribution in [0.3, 0.4) is 0 Å². The highest BCUT2D eigenvalue weighted by molar-refractivity contribution is 7.22. The van der Waals surface area contributed by atoms with Crippen molar-refractivity contribution in [3.63, 3.8) is 0 Å². The topological polar surface area (TPSA) is 55.0 Å². The van der Waals surface area contributed by atoms with Gasteiger partial charge in [0, 0.05) is 18.4 Å². The van der Waals surface area contributed by atoms with Crippen LogP contribution in [0.15, 0.2) is 36.4 Å². The van der Waals surface area contributed by atoms with Crippen LogP contribution in [-0.2, 0) is 6.54 Å². The standard InChI is InChI=1S/C15H16N4S/c1-10-4-3-5-12(17-10)9-19(2)15-18-13-7-6-11(16)8-14(13)20-15/h3-8H,9,16H2,1-2H3. The molecule has 0 amide bonds. The van der Waals surface area contributed by atoms with Gasteiger partial charge in [0.1, 0.15) is 0 Å². The molecule has 1 aromatic carbocycles. The molecule has 4 nitrogen and oxygen atoms in total. The Balaban J connectivity index is 1.86. The quantitative estimate of drug-likeness (QED) is 0.750. The SMILES string of the molecule is Cc1cccc(CN(C)c2nc3ccc(N)cc3s2)n1. The summed E-state index contributed by atoms with van der Waals surface area (Å²) >= 11 is 1.65. The largest absolute Gasteiger partial charge is 0.399 e. The minimum absolute atomic E-state index is 0.747. The average Bonchev–Trinajstić information content (AvgIpc) is 2.81. The van der Waals surface area contributed by atoms with E-state index >= 15 is 0 Å². The number of hydrogen-bond donors (Lipinski definition) is 1. The minimum Gasteiger partial charge on any atom is -0.399 e. The van der Waals surface area contributed by atoms with Crippen LogP contribution in [0.2, 0.25) is 0 Å². The third-order valence-electron chi connectivity index (χ3n) is 3.07. The molecule has 0 unspecified atom stereocenters. The van der Waals surface area contributed by atoms with Crippen LogP contribution in [0.4, 0.5) is 10.8 Å². The van der Waals surface area contributed by atoms with Crippen LogP contribution in [0.25, 0.3) is 10.2 Å². The van der Waals surface area contributed by atoms with E-state index in [2.05, 4.69) is 14.9 Å². The predicted molar refractivity (Wildman–Crippen MR) is 85.1 cm³/mol. The summed E-state index contributed by atoms with van der Waals surface area (Å²) in [7, 11) is 2.03. The van der Waals surface area contributed by atoms with Gasteiger partial charge in [-0.25, -0.2) is 4.98 Å². The summed E-state index contributed by atoms with van der Waals surface area (Å²) in [4.78, 5) is 11.3. The molecule has 2 aromatic heterocycles. The van der Waals surface area contributed by atoms with E-state index in [0.717, 1.165) is 39.0 Å². The van der Waals surface area contributed by atoms with Gasteiger partial charge in [0.05, 0.1) is 22.5 Å². The van der Waals surface area contributed by atoms with E-state index in [1.165, 1.54) is 0 Å². The first-order chi connectivity index (χ1) is 9.61. The number of nitrogen functional groups attached to an aromatic ring is 1. The number of anilines is 2. The smallest absolute Gasteiger partial charge is 0.186 e. The summed E-state index contributed by atoms with van der Waals surface area (Å²) < 4.78 is 1.11. The summed E-state index contributed by atoms with van der Waals surface area (Å²) in [5.41, 5.74) is 9.65. The molecule has 0 bridgehead atoms. The zero-order chi connectivity index (χ0) is 14.1. The van der Waals surface area contributed by atoms with E-state index in [1.54, 1.807) is 11.3 Å². The summed E-state index contributed by atoms with van der Waals surface area (Å²) in [6, 6.07) is 11.9. The molecule has 0 atom stereocenters. The van der Waals surface area contributed by atoms with Gasteiger partial charge in [0.25, 0.3) is 0 Å². The fourth-order valence-corrected chi connectivity index (χ4v) is 3.06. The molecule has 102 valence electrons. The first-order valence-electron chi connectivity index (χ1n) is 6.41. The number of aryl methyl sites for hydroxylation is 1. The lowest BCUT2D eigenvalue weighted by atomic mass is 10.3. The van der Waals surface area contributed by atoms with Crippen molar-refractivity contribution in [2.75, 3.05) is 17.7 Å². The van der Waals surface area contributed by atoms with Crippen LogP contribution in [0.1, 0.15) is 11.4 Å². The molecule has 0 saturated heterocycles. The molecule has 0 aliphatic carbocycles. The van der Waals surface area contributed by atoms with E-state index in [4.69, 9.17) is 5.73 Å². The van der Waals surface area contributed by atoms with Gasteiger partial charge in [-0.3, -0.25) is 4.98 Å². The Morgan fingerprint density at radius 2 is 2.05 bits per heavy atom. The number of benzene rings is 1. The first-order valence-corrected chi connectivity index (χ1v) is 7.23. The molecule has 3 aromatic rings. The first kappa shape index (κ1) is 12.9. The normalized spacial score (nSPS) is 10.9. The number of aromatic nitrogens is 2. The zero-order valence-electron chi connectivity index (χ0n) is 11.5. The fraction of sp³-hybridized carbons (Fsp3) is 0.200. The van der Waals surface area contributed by atoms with Gasteiger partial charge in [-0.05, 0) is 37.3 Å². The lowest BCUT2D eigenvalue weighted by Crippen LogP contribution is -2.17. The van der Waals surface area contributed by atoms with Crippen molar-refractivity contribution in [3.05, 3.63) is 47.8 Å². The highest BCUT2D eigenvalue weighted by Gasteiger charge is 2.09. The van der Waals surface area contributed by atoms with E-state index in [-0.39, 0.29) is 0 Å². The van der Waals surface area contributed by atoms with Crippen LogP contribution in [0, 0.1) is 6.92 Å². The number of pyridine rings is 1. The summed E-state index contributed by atoms with van der Waals surface area (Å²) in [5.74, 6) is 0. The number of fused-ring (bicyclic) bond motifs is 1. The maximum atomic E-state index is 5.80. The Kier molecular flexibility index (Phi) is 3.28. The number of hydrogen-bond acceptors (Lipinski definition) is 5. The Hall–Kier alpha value is -2.14. The van der Waals surface area contributed by atoms with Crippen LogP contribution in [-0.4, -0.2) is 17.0 Å². The van der Waals surface area contributed by atoms with Gasteiger partial charge >= 0.3 is 0 Å². The Labute approximate surface area is 121 Å². The second kappa shape index (κ2) is 5.09. The van der Waals surface area contributed by atoms with Crippen molar-refractivity contribution in [2.24, 2.45) is 0 Å². The van der Waals surface area contributed by atoms with Crippen molar-refractivity contribution in [1.82, 2.24) is 9.97 Å². The Morgan fingerprint density at radius 3 is 2.85 bits per heavy atom. The van der Waals surface area contributed by atoms with Crippen LogP contribution < -0.4 is 10.6 Å². The third-order valence-corrected chi connectivity index (χ3v) is 4.21.